The lowest BCUT2D eigenvalue weighted by molar-refractivity contribution is -0.130. The van der Waals surface area contributed by atoms with Crippen LogP contribution in [-0.2, 0) is 23.1 Å². The third-order valence-electron chi connectivity index (χ3n) is 8.73. The lowest BCUT2D eigenvalue weighted by Gasteiger charge is -2.38. The molecule has 0 radical (unpaired) electrons. The predicted octanol–water partition coefficient (Wildman–Crippen LogP) is 1.93. The van der Waals surface area contributed by atoms with E-state index in [1.54, 1.807) is 29.2 Å². The Labute approximate surface area is 255 Å². The van der Waals surface area contributed by atoms with Crippen molar-refractivity contribution in [2.24, 2.45) is 11.5 Å². The average molecular weight is 600 g/mol. The van der Waals surface area contributed by atoms with Gasteiger partial charge in [-0.25, -0.2) is 4.79 Å². The van der Waals surface area contributed by atoms with Crippen LogP contribution in [0.25, 0.3) is 0 Å². The Bertz CT molecular complexity index is 1650. The fourth-order valence-corrected chi connectivity index (χ4v) is 6.72. The molecule has 1 aromatic heterocycles. The van der Waals surface area contributed by atoms with E-state index in [1.165, 1.54) is 4.74 Å². The van der Waals surface area contributed by atoms with Crippen LogP contribution < -0.4 is 22.5 Å². The summed E-state index contributed by atoms with van der Waals surface area (Å²) in [6.45, 7) is 6.27. The number of carbonyl (C=O) groups is 3. The Balaban J connectivity index is 1.69. The van der Waals surface area contributed by atoms with Gasteiger partial charge in [0.1, 0.15) is 6.04 Å². The zero-order valence-corrected chi connectivity index (χ0v) is 25.1. The van der Waals surface area contributed by atoms with Gasteiger partial charge in [0, 0.05) is 23.7 Å². The molecule has 44 heavy (non-hydrogen) atoms. The first kappa shape index (κ1) is 30.7. The summed E-state index contributed by atoms with van der Waals surface area (Å²) in [6, 6.07) is 11.7. The van der Waals surface area contributed by atoms with Crippen LogP contribution in [0.4, 0.5) is 0 Å². The van der Waals surface area contributed by atoms with Crippen LogP contribution in [0.1, 0.15) is 94.9 Å². The van der Waals surface area contributed by atoms with Gasteiger partial charge in [-0.1, -0.05) is 12.1 Å². The number of benzene rings is 2. The van der Waals surface area contributed by atoms with Crippen LogP contribution in [0.5, 0.6) is 0 Å². The number of rotatable bonds is 9. The van der Waals surface area contributed by atoms with Crippen LogP contribution in [0, 0.1) is 11.3 Å². The van der Waals surface area contributed by atoms with Crippen LogP contribution >= 0.6 is 0 Å². The summed E-state index contributed by atoms with van der Waals surface area (Å²) in [4.78, 5) is 56.3. The molecule has 1 aliphatic heterocycles. The Kier molecular flexibility index (Phi) is 8.43. The maximum Gasteiger partial charge on any atom is 0.459 e. The number of nitrogens with two attached hydrogens (primary N) is 2. The molecule has 1 saturated heterocycles. The van der Waals surface area contributed by atoms with Gasteiger partial charge < -0.3 is 26.2 Å². The van der Waals surface area contributed by atoms with Gasteiger partial charge in [-0.05, 0) is 99.4 Å². The zero-order valence-electron chi connectivity index (χ0n) is 25.1. The normalized spacial score (nSPS) is 17.8. The lowest BCUT2D eigenvalue weighted by atomic mass is 9.67. The Hall–Kier alpha value is -4.76. The van der Waals surface area contributed by atoms with E-state index in [-0.39, 0.29) is 24.5 Å². The van der Waals surface area contributed by atoms with E-state index >= 15 is 0 Å². The number of hydrogen-bond acceptors (Lipinski definition) is 8. The highest BCUT2D eigenvalue weighted by atomic mass is 16.5. The van der Waals surface area contributed by atoms with Crippen LogP contribution in [0.2, 0.25) is 0 Å². The van der Waals surface area contributed by atoms with Gasteiger partial charge in [0.05, 0.1) is 24.1 Å². The van der Waals surface area contributed by atoms with E-state index in [2.05, 4.69) is 16.4 Å². The quantitative estimate of drug-likeness (QED) is 0.332. The molecule has 5 N–H and O–H groups in total. The number of likely N-dealkylation sites (tertiary alicyclic amines) is 1. The van der Waals surface area contributed by atoms with Crippen LogP contribution in [-0.4, -0.2) is 57.5 Å². The number of carbonyl (C=O) groups excluding carboxylic acids is 3. The molecule has 2 aromatic carbocycles. The summed E-state index contributed by atoms with van der Waals surface area (Å²) >= 11 is 0. The predicted molar refractivity (Wildman–Crippen MR) is 161 cm³/mol. The van der Waals surface area contributed by atoms with Crippen molar-refractivity contribution in [3.8, 4) is 6.07 Å². The molecule has 230 valence electrons. The maximum absolute atomic E-state index is 13.1. The average Bonchev–Trinajstić information content (AvgIpc) is 3.61. The van der Waals surface area contributed by atoms with Crippen molar-refractivity contribution in [2.75, 3.05) is 13.1 Å². The van der Waals surface area contributed by atoms with Gasteiger partial charge in [0.25, 0.3) is 0 Å². The lowest BCUT2D eigenvalue weighted by Crippen LogP contribution is -2.46. The van der Waals surface area contributed by atoms with E-state index < -0.39 is 29.0 Å². The molecule has 2 heterocycles. The number of nitrogens with zero attached hydrogens (tertiary/aromatic N) is 4. The minimum Gasteiger partial charge on any atom is -0.366 e. The standard InChI is InChI=1S/C32H37N7O5/c1-18(2)39-30(37-31(43)44-39)32(15-19(3)36-17-27(40)38-12-4-5-24(38)16-33)25-10-8-22(28(34)41)13-20(25)6-7-21-14-23(29(35)42)9-11-26(21)32/h8-11,13-14,18-19,24,36H,4-7,12,15,17H2,1-3H3,(H2,34,41)(H2,35,42)/t19-,24?/m0/s1. The van der Waals surface area contributed by atoms with E-state index in [4.69, 9.17) is 16.0 Å². The maximum atomic E-state index is 13.1. The highest BCUT2D eigenvalue weighted by Crippen LogP contribution is 2.48. The molecule has 1 aliphatic carbocycles. The summed E-state index contributed by atoms with van der Waals surface area (Å²) < 4.78 is 7.12. The van der Waals surface area contributed by atoms with E-state index in [9.17, 15) is 24.4 Å². The number of nitrogens with one attached hydrogen (secondary N) is 1. The highest BCUT2D eigenvalue weighted by Gasteiger charge is 2.47. The molecule has 0 saturated carbocycles. The molecule has 12 nitrogen and oxygen atoms in total. The fraction of sp³-hybridized carbons (Fsp3) is 0.438. The largest absolute Gasteiger partial charge is 0.459 e. The summed E-state index contributed by atoms with van der Waals surface area (Å²) in [6.07, 6.45) is 2.81. The molecule has 1 fully saturated rings. The molecular formula is C32H37N7O5. The van der Waals surface area contributed by atoms with Crippen molar-refractivity contribution in [1.29, 1.82) is 5.26 Å². The van der Waals surface area contributed by atoms with Crippen molar-refractivity contribution in [3.63, 3.8) is 0 Å². The zero-order chi connectivity index (χ0) is 31.8. The summed E-state index contributed by atoms with van der Waals surface area (Å²) in [5.41, 5.74) is 14.2. The highest BCUT2D eigenvalue weighted by molar-refractivity contribution is 5.94. The first-order valence-corrected chi connectivity index (χ1v) is 14.9. The molecule has 12 heteroatoms. The molecule has 2 aliphatic rings. The molecule has 3 amide bonds. The molecule has 0 bridgehead atoms. The van der Waals surface area contributed by atoms with Crippen molar-refractivity contribution >= 4 is 17.7 Å². The third kappa shape index (κ3) is 5.51. The van der Waals surface area contributed by atoms with Gasteiger partial charge in [-0.15, -0.1) is 0 Å². The first-order valence-electron chi connectivity index (χ1n) is 14.9. The van der Waals surface area contributed by atoms with Gasteiger partial charge in [0.15, 0.2) is 5.82 Å². The second-order valence-electron chi connectivity index (χ2n) is 12.0. The summed E-state index contributed by atoms with van der Waals surface area (Å²) in [5.74, 6) is -1.68. The van der Waals surface area contributed by atoms with Gasteiger partial charge in [-0.3, -0.25) is 14.4 Å². The third-order valence-corrected chi connectivity index (χ3v) is 8.73. The first-order chi connectivity index (χ1) is 21.0. The van der Waals surface area contributed by atoms with Gasteiger partial charge in [-0.2, -0.15) is 15.0 Å². The summed E-state index contributed by atoms with van der Waals surface area (Å²) in [5, 5.41) is 12.8. The second-order valence-corrected chi connectivity index (χ2v) is 12.0. The van der Waals surface area contributed by atoms with E-state index in [0.717, 1.165) is 28.7 Å². The van der Waals surface area contributed by atoms with Crippen LogP contribution in [0.15, 0.2) is 45.7 Å². The number of aromatic nitrogens is 2. The Morgan fingerprint density at radius 2 is 1.66 bits per heavy atom. The van der Waals surface area contributed by atoms with Crippen molar-refractivity contribution in [1.82, 2.24) is 19.9 Å². The van der Waals surface area contributed by atoms with Crippen molar-refractivity contribution in [2.45, 2.75) is 76.4 Å². The van der Waals surface area contributed by atoms with E-state index in [1.807, 2.05) is 32.9 Å². The topological polar surface area (TPSA) is 190 Å². The van der Waals surface area contributed by atoms with Crippen molar-refractivity contribution < 1.29 is 18.9 Å². The minimum absolute atomic E-state index is 0.0200. The van der Waals surface area contributed by atoms with Crippen LogP contribution in [0.3, 0.4) is 0 Å². The minimum atomic E-state index is -1.11. The molecule has 3 aromatic rings. The van der Waals surface area contributed by atoms with Crippen molar-refractivity contribution in [3.05, 3.63) is 86.2 Å². The molecule has 1 unspecified atom stereocenters. The SMILES string of the molecule is CC(C)n1oc(=O)nc1C1(C[C@H](C)NCC(=O)N2CCCC2C#N)c2ccc(C(N)=O)cc2CCc2cc(C(N)=O)ccc21. The molecule has 5 rings (SSSR count). The molecular weight excluding hydrogens is 562 g/mol. The number of amides is 3. The van der Waals surface area contributed by atoms with Gasteiger partial charge >= 0.3 is 5.76 Å². The number of nitriles is 1. The van der Waals surface area contributed by atoms with Gasteiger partial charge in [0.2, 0.25) is 17.7 Å². The number of primary amides is 2. The molecule has 2 atom stereocenters. The number of hydrogen-bond donors (Lipinski definition) is 3. The smallest absolute Gasteiger partial charge is 0.366 e. The van der Waals surface area contributed by atoms with E-state index in [0.29, 0.717) is 49.2 Å². The number of aryl methyl sites for hydroxylation is 2. The summed E-state index contributed by atoms with van der Waals surface area (Å²) in [7, 11) is 0. The monoisotopic (exact) mass is 599 g/mol. The molecule has 0 spiro atoms. The second kappa shape index (κ2) is 12.1. The Morgan fingerprint density at radius 1 is 1.07 bits per heavy atom. The fourth-order valence-electron chi connectivity index (χ4n) is 6.72. The number of fused-ring (bicyclic) bond motifs is 2. The Morgan fingerprint density at radius 3 is 2.18 bits per heavy atom.